The summed E-state index contributed by atoms with van der Waals surface area (Å²) >= 11 is 0. The molecule has 0 radical (unpaired) electrons. The molecule has 0 aliphatic carbocycles. The highest BCUT2D eigenvalue weighted by molar-refractivity contribution is 5.99. The Balaban J connectivity index is 0.00000320. The van der Waals surface area contributed by atoms with Crippen LogP contribution in [0.3, 0.4) is 0 Å². The molecule has 2 amide bonds. The number of benzene rings is 2. The third-order valence-electron chi connectivity index (χ3n) is 5.74. The molecule has 4 N–H and O–H groups in total. The van der Waals surface area contributed by atoms with E-state index in [1.807, 2.05) is 32.9 Å². The van der Waals surface area contributed by atoms with E-state index in [9.17, 15) is 14.7 Å². The van der Waals surface area contributed by atoms with Crippen LogP contribution in [0, 0.1) is 20.8 Å². The lowest BCUT2D eigenvalue weighted by Gasteiger charge is -2.36. The van der Waals surface area contributed by atoms with Crippen molar-refractivity contribution in [3.63, 3.8) is 0 Å². The van der Waals surface area contributed by atoms with Crippen LogP contribution in [0.2, 0.25) is 0 Å². The van der Waals surface area contributed by atoms with E-state index in [1.165, 1.54) is 0 Å². The fourth-order valence-electron chi connectivity index (χ4n) is 3.94. The van der Waals surface area contributed by atoms with Gasteiger partial charge < -0.3 is 21.1 Å². The molecular formula is C23H30ClN3O3. The van der Waals surface area contributed by atoms with Crippen molar-refractivity contribution in [2.45, 2.75) is 53.0 Å². The summed E-state index contributed by atoms with van der Waals surface area (Å²) in [5.74, 6) is -0.0693. The van der Waals surface area contributed by atoms with Crippen molar-refractivity contribution in [1.29, 1.82) is 0 Å². The first-order chi connectivity index (χ1) is 13.7. The quantitative estimate of drug-likeness (QED) is 0.499. The summed E-state index contributed by atoms with van der Waals surface area (Å²) in [6.07, 6.45) is 1.83. The van der Waals surface area contributed by atoms with Crippen molar-refractivity contribution in [3.8, 4) is 5.75 Å². The lowest BCUT2D eigenvalue weighted by atomic mass is 9.90. The minimum atomic E-state index is -0.727. The van der Waals surface area contributed by atoms with E-state index in [1.54, 1.807) is 24.0 Å². The minimum absolute atomic E-state index is 0. The summed E-state index contributed by atoms with van der Waals surface area (Å²) < 4.78 is 0. The molecule has 3 rings (SSSR count). The highest BCUT2D eigenvalue weighted by Gasteiger charge is 2.36. The monoisotopic (exact) mass is 431 g/mol. The molecule has 0 bridgehead atoms. The molecule has 1 aliphatic rings. The van der Waals surface area contributed by atoms with Crippen molar-refractivity contribution in [1.82, 2.24) is 4.90 Å². The van der Waals surface area contributed by atoms with Crippen LogP contribution >= 0.6 is 12.4 Å². The average Bonchev–Trinajstić information content (AvgIpc) is 2.69. The van der Waals surface area contributed by atoms with E-state index in [-0.39, 0.29) is 30.0 Å². The zero-order valence-electron chi connectivity index (χ0n) is 17.9. The number of hydrogen-bond donors (Lipinski definition) is 3. The highest BCUT2D eigenvalue weighted by Crippen LogP contribution is 2.35. The second kappa shape index (κ2) is 9.39. The Morgan fingerprint density at radius 3 is 2.57 bits per heavy atom. The molecule has 1 atom stereocenters. The van der Waals surface area contributed by atoms with Gasteiger partial charge in [0, 0.05) is 24.3 Å². The first kappa shape index (κ1) is 23.5. The Kier molecular flexibility index (Phi) is 7.37. The normalized spacial score (nSPS) is 15.2. The second-order valence-corrected chi connectivity index (χ2v) is 7.78. The van der Waals surface area contributed by atoms with Crippen molar-refractivity contribution < 1.29 is 14.7 Å². The maximum absolute atomic E-state index is 13.4. The summed E-state index contributed by atoms with van der Waals surface area (Å²) in [5.41, 5.74) is 11.2. The predicted octanol–water partition coefficient (Wildman–Crippen LogP) is 4.19. The summed E-state index contributed by atoms with van der Waals surface area (Å²) in [7, 11) is 0. The van der Waals surface area contributed by atoms with Gasteiger partial charge in [-0.05, 0) is 79.6 Å². The van der Waals surface area contributed by atoms with E-state index in [4.69, 9.17) is 5.73 Å². The number of nitrogens with zero attached hydrogens (tertiary/aromatic N) is 1. The van der Waals surface area contributed by atoms with Crippen LogP contribution in [0.1, 0.15) is 53.6 Å². The van der Waals surface area contributed by atoms with Crippen molar-refractivity contribution >= 4 is 35.6 Å². The van der Waals surface area contributed by atoms with Crippen LogP contribution < -0.4 is 11.1 Å². The van der Waals surface area contributed by atoms with Crippen LogP contribution in [0.25, 0.3) is 0 Å². The lowest BCUT2D eigenvalue weighted by molar-refractivity contribution is -0.139. The van der Waals surface area contributed by atoms with Crippen LogP contribution in [-0.4, -0.2) is 28.4 Å². The Bertz CT molecular complexity index is 975. The SMILES string of the molecule is CCCC(=O)N1CCc2ccc(N)cc2C1C(=O)Nc1cc(C)c(O)c(C)c1C.Cl. The van der Waals surface area contributed by atoms with Gasteiger partial charge in [-0.15, -0.1) is 12.4 Å². The molecule has 2 aromatic carbocycles. The van der Waals surface area contributed by atoms with Gasteiger partial charge in [0.05, 0.1) is 0 Å². The number of nitrogens with one attached hydrogen (secondary N) is 1. The Morgan fingerprint density at radius 1 is 1.20 bits per heavy atom. The topological polar surface area (TPSA) is 95.7 Å². The number of nitrogens with two attached hydrogens (primary N) is 1. The van der Waals surface area contributed by atoms with E-state index >= 15 is 0 Å². The number of carbonyl (C=O) groups excluding carboxylic acids is 2. The second-order valence-electron chi connectivity index (χ2n) is 7.78. The fraction of sp³-hybridized carbons (Fsp3) is 0.391. The number of rotatable bonds is 4. The van der Waals surface area contributed by atoms with Gasteiger partial charge in [-0.2, -0.15) is 0 Å². The number of fused-ring (bicyclic) bond motifs is 1. The lowest BCUT2D eigenvalue weighted by Crippen LogP contribution is -2.45. The molecule has 6 nitrogen and oxygen atoms in total. The minimum Gasteiger partial charge on any atom is -0.507 e. The molecule has 2 aromatic rings. The molecular weight excluding hydrogens is 402 g/mol. The van der Waals surface area contributed by atoms with Crippen LogP contribution in [0.15, 0.2) is 24.3 Å². The summed E-state index contributed by atoms with van der Waals surface area (Å²) in [6, 6.07) is 6.60. The number of phenols is 1. The van der Waals surface area contributed by atoms with Gasteiger partial charge in [0.15, 0.2) is 0 Å². The predicted molar refractivity (Wildman–Crippen MR) is 122 cm³/mol. The molecule has 1 aliphatic heterocycles. The molecule has 7 heteroatoms. The Morgan fingerprint density at radius 2 is 1.90 bits per heavy atom. The van der Waals surface area contributed by atoms with Gasteiger partial charge in [0.2, 0.25) is 5.91 Å². The molecule has 1 heterocycles. The maximum atomic E-state index is 13.4. The number of phenolic OH excluding ortho intramolecular Hbond substituents is 1. The summed E-state index contributed by atoms with van der Waals surface area (Å²) in [5, 5.41) is 13.1. The van der Waals surface area contributed by atoms with Gasteiger partial charge in [0.25, 0.3) is 5.91 Å². The Hall–Kier alpha value is -2.73. The van der Waals surface area contributed by atoms with Gasteiger partial charge in [-0.25, -0.2) is 0 Å². The average molecular weight is 432 g/mol. The standard InChI is InChI=1S/C23H29N3O3.ClH/c1-5-6-20(27)26-10-9-16-7-8-17(24)12-18(16)21(26)23(29)25-19-11-13(2)22(28)15(4)14(19)3;/h7-8,11-12,21,28H,5-6,9-10,24H2,1-4H3,(H,25,29);1H. The van der Waals surface area contributed by atoms with Gasteiger partial charge >= 0.3 is 0 Å². The largest absolute Gasteiger partial charge is 0.507 e. The molecule has 162 valence electrons. The number of aromatic hydroxyl groups is 1. The number of halogens is 1. The third-order valence-corrected chi connectivity index (χ3v) is 5.74. The first-order valence-corrected chi connectivity index (χ1v) is 10.0. The van der Waals surface area contributed by atoms with Crippen molar-refractivity contribution in [2.75, 3.05) is 17.6 Å². The number of aryl methyl sites for hydroxylation is 1. The van der Waals surface area contributed by atoms with Crippen LogP contribution in [0.5, 0.6) is 5.75 Å². The number of carbonyl (C=O) groups is 2. The molecule has 0 aromatic heterocycles. The fourth-order valence-corrected chi connectivity index (χ4v) is 3.94. The number of hydrogen-bond acceptors (Lipinski definition) is 4. The van der Waals surface area contributed by atoms with Crippen molar-refractivity contribution in [2.24, 2.45) is 0 Å². The smallest absolute Gasteiger partial charge is 0.251 e. The van der Waals surface area contributed by atoms with E-state index in [2.05, 4.69) is 5.32 Å². The number of anilines is 2. The number of amides is 2. The summed E-state index contributed by atoms with van der Waals surface area (Å²) in [4.78, 5) is 27.8. The van der Waals surface area contributed by atoms with Gasteiger partial charge in [0.1, 0.15) is 11.8 Å². The van der Waals surface area contributed by atoms with E-state index in [0.717, 1.165) is 28.7 Å². The van der Waals surface area contributed by atoms with E-state index < -0.39 is 6.04 Å². The molecule has 1 unspecified atom stereocenters. The summed E-state index contributed by atoms with van der Waals surface area (Å²) in [6.45, 7) is 7.93. The van der Waals surface area contributed by atoms with E-state index in [0.29, 0.717) is 36.3 Å². The van der Waals surface area contributed by atoms with Gasteiger partial charge in [-0.3, -0.25) is 9.59 Å². The molecule has 0 saturated carbocycles. The molecule has 30 heavy (non-hydrogen) atoms. The molecule has 0 spiro atoms. The zero-order chi connectivity index (χ0) is 21.3. The highest BCUT2D eigenvalue weighted by atomic mass is 35.5. The van der Waals surface area contributed by atoms with Crippen molar-refractivity contribution in [3.05, 3.63) is 52.1 Å². The Labute approximate surface area is 183 Å². The molecule has 0 fully saturated rings. The number of nitrogen functional groups attached to an aromatic ring is 1. The zero-order valence-corrected chi connectivity index (χ0v) is 18.7. The maximum Gasteiger partial charge on any atom is 0.251 e. The molecule has 0 saturated heterocycles. The third kappa shape index (κ3) is 4.38. The first-order valence-electron chi connectivity index (χ1n) is 10.0. The van der Waals surface area contributed by atoms with Crippen LogP contribution in [0.4, 0.5) is 11.4 Å². The van der Waals surface area contributed by atoms with Crippen LogP contribution in [-0.2, 0) is 16.0 Å². The van der Waals surface area contributed by atoms with Gasteiger partial charge in [-0.1, -0.05) is 13.0 Å².